The van der Waals surface area contributed by atoms with Gasteiger partial charge < -0.3 is 24.2 Å². The van der Waals surface area contributed by atoms with Crippen molar-refractivity contribution < 1.29 is 33.7 Å². The van der Waals surface area contributed by atoms with Crippen LogP contribution in [0.25, 0.3) is 0 Å². The minimum Gasteiger partial charge on any atom is -0.497 e. The highest BCUT2D eigenvalue weighted by molar-refractivity contribution is 6.12. The van der Waals surface area contributed by atoms with Crippen LogP contribution in [0.1, 0.15) is 32.8 Å². The molecule has 8 nitrogen and oxygen atoms in total. The van der Waals surface area contributed by atoms with E-state index in [-0.39, 0.29) is 32.1 Å². The normalized spacial score (nSPS) is 26.3. The Hall–Kier alpha value is -2.61. The number of hydrogen-bond acceptors (Lipinski definition) is 7. The number of cyclic esters (lactones) is 1. The van der Waals surface area contributed by atoms with Crippen LogP contribution in [0.4, 0.5) is 0 Å². The van der Waals surface area contributed by atoms with Crippen LogP contribution in [0, 0.1) is 11.8 Å². The van der Waals surface area contributed by atoms with Gasteiger partial charge in [-0.05, 0) is 44.9 Å². The first-order valence-corrected chi connectivity index (χ1v) is 9.61. The second-order valence-corrected chi connectivity index (χ2v) is 8.36. The lowest BCUT2D eigenvalue weighted by molar-refractivity contribution is -0.177. The van der Waals surface area contributed by atoms with Gasteiger partial charge in [0.1, 0.15) is 11.4 Å². The molecule has 2 saturated heterocycles. The van der Waals surface area contributed by atoms with Crippen LogP contribution in [-0.4, -0.2) is 59.3 Å². The van der Waals surface area contributed by atoms with Crippen molar-refractivity contribution in [1.29, 1.82) is 0 Å². The van der Waals surface area contributed by atoms with Crippen molar-refractivity contribution in [3.63, 3.8) is 0 Å². The third kappa shape index (κ3) is 3.57. The highest BCUT2D eigenvalue weighted by Crippen LogP contribution is 2.48. The Morgan fingerprint density at radius 2 is 1.93 bits per heavy atom. The molecule has 0 unspecified atom stereocenters. The molecule has 29 heavy (non-hydrogen) atoms. The maximum atomic E-state index is 13.3. The van der Waals surface area contributed by atoms with E-state index in [2.05, 4.69) is 0 Å². The third-order valence-corrected chi connectivity index (χ3v) is 5.39. The molecule has 158 valence electrons. The number of methoxy groups -OCH3 is 1. The van der Waals surface area contributed by atoms with E-state index in [0.29, 0.717) is 5.75 Å². The van der Waals surface area contributed by atoms with E-state index in [1.807, 2.05) is 0 Å². The highest BCUT2D eigenvalue weighted by Gasteiger charge is 2.72. The molecule has 1 amide bonds. The van der Waals surface area contributed by atoms with Crippen molar-refractivity contribution in [2.45, 2.75) is 44.9 Å². The maximum absolute atomic E-state index is 13.3. The van der Waals surface area contributed by atoms with E-state index in [1.54, 1.807) is 52.1 Å². The van der Waals surface area contributed by atoms with Gasteiger partial charge in [0.25, 0.3) is 0 Å². The van der Waals surface area contributed by atoms with Crippen LogP contribution in [0.5, 0.6) is 5.75 Å². The Labute approximate surface area is 169 Å². The molecule has 0 radical (unpaired) electrons. The summed E-state index contributed by atoms with van der Waals surface area (Å²) < 4.78 is 16.0. The number of amides is 1. The number of aliphatic hydroxyl groups is 1. The second-order valence-electron chi connectivity index (χ2n) is 8.36. The number of fused-ring (bicyclic) bond motifs is 1. The Balaban J connectivity index is 2.04. The summed E-state index contributed by atoms with van der Waals surface area (Å²) in [5, 5.41) is 9.45. The molecule has 0 spiro atoms. The Kier molecular flexibility index (Phi) is 5.58. The van der Waals surface area contributed by atoms with Crippen LogP contribution in [0.3, 0.4) is 0 Å². The first-order chi connectivity index (χ1) is 13.6. The van der Waals surface area contributed by atoms with E-state index in [1.165, 1.54) is 4.90 Å². The van der Waals surface area contributed by atoms with E-state index < -0.39 is 34.9 Å². The van der Waals surface area contributed by atoms with Crippen molar-refractivity contribution in [3.8, 4) is 5.75 Å². The van der Waals surface area contributed by atoms with Gasteiger partial charge in [0.2, 0.25) is 11.4 Å². The zero-order chi connectivity index (χ0) is 21.4. The van der Waals surface area contributed by atoms with Gasteiger partial charge in [-0.15, -0.1) is 0 Å². The molecule has 2 heterocycles. The van der Waals surface area contributed by atoms with E-state index in [9.17, 15) is 19.5 Å². The fourth-order valence-corrected chi connectivity index (χ4v) is 4.09. The minimum absolute atomic E-state index is 0.0373. The van der Waals surface area contributed by atoms with Gasteiger partial charge in [0.15, 0.2) is 0 Å². The molecule has 3 rings (SSSR count). The van der Waals surface area contributed by atoms with E-state index >= 15 is 0 Å². The number of carbonyl (C=O) groups is 3. The molecule has 2 aliphatic heterocycles. The molecular formula is C21H27NO7. The number of carbonyl (C=O) groups excluding carboxylic acids is 3. The third-order valence-electron chi connectivity index (χ3n) is 5.39. The van der Waals surface area contributed by atoms with Gasteiger partial charge >= 0.3 is 11.9 Å². The first kappa shape index (κ1) is 21.1. The predicted molar refractivity (Wildman–Crippen MR) is 102 cm³/mol. The summed E-state index contributed by atoms with van der Waals surface area (Å²) >= 11 is 0. The summed E-state index contributed by atoms with van der Waals surface area (Å²) in [5.74, 6) is -2.68. The van der Waals surface area contributed by atoms with E-state index in [4.69, 9.17) is 14.2 Å². The molecule has 0 aliphatic carbocycles. The fourth-order valence-electron chi connectivity index (χ4n) is 4.09. The van der Waals surface area contributed by atoms with Gasteiger partial charge in [-0.1, -0.05) is 12.1 Å². The Morgan fingerprint density at radius 3 is 2.48 bits per heavy atom. The molecule has 2 aliphatic rings. The lowest BCUT2D eigenvalue weighted by atomic mass is 9.80. The van der Waals surface area contributed by atoms with Crippen LogP contribution in [0.15, 0.2) is 24.3 Å². The number of benzene rings is 1. The van der Waals surface area contributed by atoms with Gasteiger partial charge in [0.05, 0.1) is 19.6 Å². The van der Waals surface area contributed by atoms with Crippen molar-refractivity contribution in [1.82, 2.24) is 4.90 Å². The summed E-state index contributed by atoms with van der Waals surface area (Å²) in [6.45, 7) is 4.84. The number of hydrogen-bond donors (Lipinski definition) is 1. The summed E-state index contributed by atoms with van der Waals surface area (Å²) in [4.78, 5) is 40.7. The summed E-state index contributed by atoms with van der Waals surface area (Å²) in [6, 6.07) is 7.02. The van der Waals surface area contributed by atoms with Crippen LogP contribution >= 0.6 is 0 Å². The highest BCUT2D eigenvalue weighted by atomic mass is 16.6. The molecule has 1 aromatic carbocycles. The average molecular weight is 405 g/mol. The van der Waals surface area contributed by atoms with Gasteiger partial charge in [-0.25, -0.2) is 9.59 Å². The molecule has 0 saturated carbocycles. The second kappa shape index (κ2) is 7.67. The number of rotatable bonds is 6. The standard InChI is InChI=1S/C21H27NO7/c1-20(2,3)29-19(26)21-16(12-28-18(21)25)15(9-10-23)17(24)22(21)11-13-5-7-14(27-4)8-6-13/h5-8,15-16,23H,9-12H2,1-4H3/t15-,16-,21+/m1/s1. The van der Waals surface area contributed by atoms with E-state index in [0.717, 1.165) is 5.56 Å². The molecule has 1 aromatic rings. The SMILES string of the molecule is COc1ccc(CN2C(=O)[C@H](CCO)[C@H]3COC(=O)[C@]32C(=O)OC(C)(C)C)cc1. The summed E-state index contributed by atoms with van der Waals surface area (Å²) in [7, 11) is 1.55. The molecule has 1 N–H and O–H groups in total. The number of likely N-dealkylation sites (tertiary alicyclic amines) is 1. The Morgan fingerprint density at radius 1 is 1.28 bits per heavy atom. The topological polar surface area (TPSA) is 102 Å². The molecule has 8 heteroatoms. The summed E-state index contributed by atoms with van der Waals surface area (Å²) in [5.41, 5.74) is -1.96. The molecule has 2 fully saturated rings. The largest absolute Gasteiger partial charge is 0.497 e. The molecule has 3 atom stereocenters. The smallest absolute Gasteiger partial charge is 0.344 e. The van der Waals surface area contributed by atoms with Gasteiger partial charge in [0, 0.05) is 19.1 Å². The van der Waals surface area contributed by atoms with Crippen molar-refractivity contribution >= 4 is 17.8 Å². The zero-order valence-corrected chi connectivity index (χ0v) is 17.1. The zero-order valence-electron chi connectivity index (χ0n) is 17.1. The minimum atomic E-state index is -1.84. The molecule has 0 bridgehead atoms. The van der Waals surface area contributed by atoms with Gasteiger partial charge in [-0.3, -0.25) is 4.79 Å². The van der Waals surface area contributed by atoms with Crippen LogP contribution in [-0.2, 0) is 30.4 Å². The number of aliphatic hydroxyl groups excluding tert-OH is 1. The number of nitrogens with zero attached hydrogens (tertiary/aromatic N) is 1. The Bertz CT molecular complexity index is 798. The maximum Gasteiger partial charge on any atom is 0.344 e. The average Bonchev–Trinajstić information content (AvgIpc) is 3.11. The van der Waals surface area contributed by atoms with Gasteiger partial charge in [-0.2, -0.15) is 0 Å². The first-order valence-electron chi connectivity index (χ1n) is 9.61. The molecule has 0 aromatic heterocycles. The van der Waals surface area contributed by atoms with Crippen LogP contribution in [0.2, 0.25) is 0 Å². The fraction of sp³-hybridized carbons (Fsp3) is 0.571. The predicted octanol–water partition coefficient (Wildman–Crippen LogP) is 1.29. The van der Waals surface area contributed by atoms with Crippen molar-refractivity contribution in [2.75, 3.05) is 20.3 Å². The number of ether oxygens (including phenoxy) is 3. The van der Waals surface area contributed by atoms with Crippen molar-refractivity contribution in [3.05, 3.63) is 29.8 Å². The lowest BCUT2D eigenvalue weighted by Crippen LogP contribution is -2.59. The quantitative estimate of drug-likeness (QED) is 0.562. The molecular weight excluding hydrogens is 378 g/mol. The monoisotopic (exact) mass is 405 g/mol. The number of esters is 2. The summed E-state index contributed by atoms with van der Waals surface area (Å²) in [6.07, 6.45) is 0.143. The lowest BCUT2D eigenvalue weighted by Gasteiger charge is -2.35. The van der Waals surface area contributed by atoms with Crippen LogP contribution < -0.4 is 4.74 Å². The van der Waals surface area contributed by atoms with Crippen molar-refractivity contribution in [2.24, 2.45) is 11.8 Å².